The van der Waals surface area contributed by atoms with Gasteiger partial charge in [0.25, 0.3) is 0 Å². The molecule has 2 amide bonds. The van der Waals surface area contributed by atoms with Crippen molar-refractivity contribution >= 4 is 46.8 Å². The number of ether oxygens (including phenoxy) is 2. The number of carbonyl (C=O) groups is 2. The zero-order chi connectivity index (χ0) is 28.3. The molecule has 206 valence electrons. The number of rotatable bonds is 7. The van der Waals surface area contributed by atoms with Gasteiger partial charge in [0.15, 0.2) is 5.15 Å². The summed E-state index contributed by atoms with van der Waals surface area (Å²) in [5.74, 6) is 0.290. The van der Waals surface area contributed by atoms with Crippen molar-refractivity contribution < 1.29 is 19.1 Å². The van der Waals surface area contributed by atoms with Gasteiger partial charge in [-0.2, -0.15) is 0 Å². The molecule has 2 aromatic heterocycles. The quantitative estimate of drug-likeness (QED) is 0.326. The second-order valence-corrected chi connectivity index (χ2v) is 11.1. The van der Waals surface area contributed by atoms with Crippen LogP contribution in [0.1, 0.15) is 39.2 Å². The number of carbonyl (C=O) groups excluding carboxylic acids is 2. The topological polar surface area (TPSA) is 107 Å². The fourth-order valence-electron chi connectivity index (χ4n) is 4.18. The largest absolute Gasteiger partial charge is 0.481 e. The molecule has 1 atom stereocenters. The summed E-state index contributed by atoms with van der Waals surface area (Å²) in [4.78, 5) is 39.2. The highest BCUT2D eigenvalue weighted by molar-refractivity contribution is 6.43. The lowest BCUT2D eigenvalue weighted by atomic mass is 10.0. The highest BCUT2D eigenvalue weighted by Gasteiger charge is 2.29. The number of hydrogen-bond acceptors (Lipinski definition) is 7. The van der Waals surface area contributed by atoms with Gasteiger partial charge in [-0.15, -0.1) is 0 Å². The number of benzene rings is 1. The van der Waals surface area contributed by atoms with Gasteiger partial charge in [0.1, 0.15) is 17.0 Å². The van der Waals surface area contributed by atoms with E-state index in [0.29, 0.717) is 58.4 Å². The third kappa shape index (κ3) is 6.90. The Morgan fingerprint density at radius 2 is 1.85 bits per heavy atom. The Morgan fingerprint density at radius 1 is 1.10 bits per heavy atom. The summed E-state index contributed by atoms with van der Waals surface area (Å²) in [6.07, 6.45) is 1.89. The maximum absolute atomic E-state index is 13.1. The van der Waals surface area contributed by atoms with E-state index in [9.17, 15) is 9.59 Å². The number of methoxy groups -OCH3 is 1. The minimum Gasteiger partial charge on any atom is -0.481 e. The first-order valence-electron chi connectivity index (χ1n) is 12.2. The standard InChI is InChI=1S/C27H28Cl3N5O4/c1-27(2,3)39-26(37)35(13-16-9-11-20(36)33-16)12-15-8-10-19(34-25(15)38-4)17-6-5-7-18(21(17)28)23-22(29)24(30)32-14-31-23/h5-8,10,14,16H,9,11-13H2,1-4H3,(H,33,36)/t16-/m0/s1. The van der Waals surface area contributed by atoms with Crippen LogP contribution < -0.4 is 10.1 Å². The van der Waals surface area contributed by atoms with Crippen LogP contribution >= 0.6 is 34.8 Å². The SMILES string of the molecule is COc1nc(-c2cccc(-c3ncnc(Cl)c3Cl)c2Cl)ccc1CN(C[C@@H]1CCC(=O)N1)C(=O)OC(C)(C)C. The molecule has 1 aliphatic rings. The van der Waals surface area contributed by atoms with Crippen LogP contribution in [0.25, 0.3) is 22.5 Å². The van der Waals surface area contributed by atoms with Gasteiger partial charge in [-0.3, -0.25) is 4.79 Å². The molecule has 0 saturated carbocycles. The molecule has 0 radical (unpaired) electrons. The summed E-state index contributed by atoms with van der Waals surface area (Å²) in [6.45, 7) is 5.87. The monoisotopic (exact) mass is 591 g/mol. The van der Waals surface area contributed by atoms with Crippen LogP contribution in [0.4, 0.5) is 4.79 Å². The predicted molar refractivity (Wildman–Crippen MR) is 150 cm³/mol. The Balaban J connectivity index is 1.65. The molecule has 0 bridgehead atoms. The predicted octanol–water partition coefficient (Wildman–Crippen LogP) is 6.19. The molecule has 1 fully saturated rings. The molecular weight excluding hydrogens is 565 g/mol. The van der Waals surface area contributed by atoms with E-state index in [4.69, 9.17) is 44.3 Å². The minimum atomic E-state index is -0.682. The Kier molecular flexibility index (Phi) is 8.83. The first-order valence-corrected chi connectivity index (χ1v) is 13.4. The highest BCUT2D eigenvalue weighted by Crippen LogP contribution is 2.39. The van der Waals surface area contributed by atoms with Gasteiger partial charge in [-0.05, 0) is 39.3 Å². The van der Waals surface area contributed by atoms with Crippen molar-refractivity contribution in [1.82, 2.24) is 25.2 Å². The summed E-state index contributed by atoms with van der Waals surface area (Å²) in [6, 6.07) is 8.87. The van der Waals surface area contributed by atoms with Gasteiger partial charge in [-0.25, -0.2) is 19.7 Å². The van der Waals surface area contributed by atoms with Gasteiger partial charge >= 0.3 is 6.09 Å². The Hall–Kier alpha value is -3.14. The van der Waals surface area contributed by atoms with E-state index < -0.39 is 11.7 Å². The molecule has 9 nitrogen and oxygen atoms in total. The molecule has 0 spiro atoms. The molecule has 3 aromatic rings. The van der Waals surface area contributed by atoms with Crippen LogP contribution in [0.15, 0.2) is 36.7 Å². The Morgan fingerprint density at radius 3 is 2.51 bits per heavy atom. The van der Waals surface area contributed by atoms with Gasteiger partial charge in [0.05, 0.1) is 30.1 Å². The van der Waals surface area contributed by atoms with E-state index in [1.165, 1.54) is 13.4 Å². The molecule has 1 N–H and O–H groups in total. The van der Waals surface area contributed by atoms with E-state index in [2.05, 4.69) is 20.3 Å². The average molecular weight is 593 g/mol. The van der Waals surface area contributed by atoms with Gasteiger partial charge in [-0.1, -0.05) is 53.0 Å². The number of aromatic nitrogens is 3. The molecule has 39 heavy (non-hydrogen) atoms. The Labute approximate surface area is 241 Å². The van der Waals surface area contributed by atoms with E-state index in [0.717, 1.165) is 0 Å². The maximum atomic E-state index is 13.1. The van der Waals surface area contributed by atoms with Crippen molar-refractivity contribution in [3.8, 4) is 28.4 Å². The first-order chi connectivity index (χ1) is 18.5. The third-order valence-corrected chi connectivity index (χ3v) is 7.10. The van der Waals surface area contributed by atoms with E-state index in [1.54, 1.807) is 37.8 Å². The molecular formula is C27H28Cl3N5O4. The summed E-state index contributed by atoms with van der Waals surface area (Å²) in [7, 11) is 1.51. The summed E-state index contributed by atoms with van der Waals surface area (Å²) in [5, 5.41) is 3.60. The van der Waals surface area contributed by atoms with Crippen LogP contribution in [0, 0.1) is 0 Å². The smallest absolute Gasteiger partial charge is 0.410 e. The summed E-state index contributed by atoms with van der Waals surface area (Å²) >= 11 is 19.2. The number of halogens is 3. The lowest BCUT2D eigenvalue weighted by Crippen LogP contribution is -2.43. The zero-order valence-corrected chi connectivity index (χ0v) is 24.2. The third-order valence-electron chi connectivity index (χ3n) is 5.95. The minimum absolute atomic E-state index is 0.0302. The molecule has 1 aliphatic heterocycles. The van der Waals surface area contributed by atoms with Crippen LogP contribution in [0.5, 0.6) is 5.88 Å². The number of nitrogens with zero attached hydrogens (tertiary/aromatic N) is 4. The van der Waals surface area contributed by atoms with Crippen molar-refractivity contribution in [2.45, 2.75) is 51.8 Å². The van der Waals surface area contributed by atoms with Crippen LogP contribution in [0.2, 0.25) is 15.2 Å². The van der Waals surface area contributed by atoms with Crippen molar-refractivity contribution in [2.75, 3.05) is 13.7 Å². The van der Waals surface area contributed by atoms with Gasteiger partial charge < -0.3 is 19.7 Å². The molecule has 3 heterocycles. The second-order valence-electron chi connectivity index (χ2n) is 10.0. The van der Waals surface area contributed by atoms with Crippen molar-refractivity contribution in [1.29, 1.82) is 0 Å². The fourth-order valence-corrected chi connectivity index (χ4v) is 4.83. The van der Waals surface area contributed by atoms with Crippen LogP contribution in [-0.2, 0) is 16.1 Å². The van der Waals surface area contributed by atoms with E-state index in [-0.39, 0.29) is 28.7 Å². The molecule has 1 aromatic carbocycles. The second kappa shape index (κ2) is 11.9. The Bertz CT molecular complexity index is 1400. The molecule has 1 saturated heterocycles. The molecule has 12 heteroatoms. The van der Waals surface area contributed by atoms with E-state index in [1.807, 2.05) is 18.2 Å². The van der Waals surface area contributed by atoms with Gasteiger partial charge in [0.2, 0.25) is 11.8 Å². The maximum Gasteiger partial charge on any atom is 0.410 e. The summed E-state index contributed by atoms with van der Waals surface area (Å²) in [5.41, 5.74) is 2.13. The van der Waals surface area contributed by atoms with Crippen molar-refractivity contribution in [2.24, 2.45) is 0 Å². The molecule has 0 unspecified atom stereocenters. The normalized spacial score (nSPS) is 15.2. The van der Waals surface area contributed by atoms with Crippen LogP contribution in [-0.4, -0.2) is 57.1 Å². The van der Waals surface area contributed by atoms with Crippen molar-refractivity contribution in [3.63, 3.8) is 0 Å². The van der Waals surface area contributed by atoms with Crippen LogP contribution in [0.3, 0.4) is 0 Å². The average Bonchev–Trinajstić information content (AvgIpc) is 3.29. The van der Waals surface area contributed by atoms with Crippen molar-refractivity contribution in [3.05, 3.63) is 57.4 Å². The number of pyridine rings is 1. The molecule has 4 rings (SSSR count). The fraction of sp³-hybridized carbons (Fsp3) is 0.370. The lowest BCUT2D eigenvalue weighted by Gasteiger charge is -2.29. The highest BCUT2D eigenvalue weighted by atomic mass is 35.5. The number of nitrogens with one attached hydrogen (secondary N) is 1. The summed E-state index contributed by atoms with van der Waals surface area (Å²) < 4.78 is 11.2. The zero-order valence-electron chi connectivity index (χ0n) is 21.9. The number of hydrogen-bond donors (Lipinski definition) is 1. The van der Waals surface area contributed by atoms with Gasteiger partial charge in [0, 0.05) is 35.7 Å². The lowest BCUT2D eigenvalue weighted by molar-refractivity contribution is -0.119. The molecule has 0 aliphatic carbocycles. The first kappa shape index (κ1) is 28.9. The number of amides is 2. The van der Waals surface area contributed by atoms with E-state index >= 15 is 0 Å².